The molecule has 8 nitrogen and oxygen atoms in total. The topological polar surface area (TPSA) is 114 Å². The molecule has 8 heteroatoms. The van der Waals surface area contributed by atoms with E-state index < -0.39 is 29.0 Å². The number of alkyl carbamates (subject to hydrolysis) is 1. The molecule has 0 heterocycles. The van der Waals surface area contributed by atoms with Gasteiger partial charge in [-0.2, -0.15) is 0 Å². The van der Waals surface area contributed by atoms with Gasteiger partial charge in [0.15, 0.2) is 5.54 Å². The average Bonchev–Trinajstić information content (AvgIpc) is 3.10. The molecule has 1 aliphatic carbocycles. The summed E-state index contributed by atoms with van der Waals surface area (Å²) >= 11 is 0. The predicted molar refractivity (Wildman–Crippen MR) is 128 cm³/mol. The van der Waals surface area contributed by atoms with Gasteiger partial charge in [0.1, 0.15) is 6.61 Å². The number of ether oxygens (including phenoxy) is 2. The molecule has 34 heavy (non-hydrogen) atoms. The van der Waals surface area contributed by atoms with Crippen LogP contribution >= 0.6 is 0 Å². The number of methoxy groups -OCH3 is 1. The summed E-state index contributed by atoms with van der Waals surface area (Å²) in [4.78, 5) is 36.9. The molecule has 3 N–H and O–H groups in total. The van der Waals surface area contributed by atoms with E-state index in [0.717, 1.165) is 22.3 Å². The number of carbonyl (C=O) groups is 3. The van der Waals surface area contributed by atoms with E-state index in [-0.39, 0.29) is 32.0 Å². The van der Waals surface area contributed by atoms with Crippen molar-refractivity contribution < 1.29 is 29.0 Å². The van der Waals surface area contributed by atoms with E-state index in [1.807, 2.05) is 36.4 Å². The number of rotatable bonds is 10. The maximum Gasteiger partial charge on any atom is 0.407 e. The minimum absolute atomic E-state index is 0.0701. The van der Waals surface area contributed by atoms with Gasteiger partial charge in [0.25, 0.3) is 0 Å². The molecule has 0 aliphatic heterocycles. The fourth-order valence-corrected chi connectivity index (χ4v) is 4.41. The van der Waals surface area contributed by atoms with Crippen molar-refractivity contribution in [3.63, 3.8) is 0 Å². The van der Waals surface area contributed by atoms with Gasteiger partial charge in [-0.1, -0.05) is 55.5 Å². The van der Waals surface area contributed by atoms with Crippen molar-refractivity contribution in [2.75, 3.05) is 20.3 Å². The van der Waals surface area contributed by atoms with Crippen LogP contribution in [-0.2, 0) is 19.1 Å². The number of carboxylic acids is 1. The van der Waals surface area contributed by atoms with Crippen molar-refractivity contribution >= 4 is 18.0 Å². The number of fused-ring (bicyclic) bond motifs is 3. The van der Waals surface area contributed by atoms with E-state index in [1.165, 1.54) is 7.11 Å². The van der Waals surface area contributed by atoms with Crippen LogP contribution in [0.25, 0.3) is 11.1 Å². The first kappa shape index (κ1) is 25.2. The summed E-state index contributed by atoms with van der Waals surface area (Å²) < 4.78 is 10.6. The van der Waals surface area contributed by atoms with Crippen molar-refractivity contribution in [3.8, 4) is 11.1 Å². The lowest BCUT2D eigenvalue weighted by molar-refractivity contribution is -0.150. The summed E-state index contributed by atoms with van der Waals surface area (Å²) in [5.41, 5.74) is 2.01. The highest BCUT2D eigenvalue weighted by molar-refractivity contribution is 5.88. The molecule has 0 bridgehead atoms. The van der Waals surface area contributed by atoms with E-state index in [9.17, 15) is 19.5 Å². The van der Waals surface area contributed by atoms with E-state index in [1.54, 1.807) is 20.8 Å². The summed E-state index contributed by atoms with van der Waals surface area (Å²) in [7, 11) is 1.38. The molecular weight excluding hydrogens is 436 g/mol. The van der Waals surface area contributed by atoms with Crippen LogP contribution in [-0.4, -0.2) is 54.5 Å². The number of carboxylic acid groups (broad SMARTS) is 1. The van der Waals surface area contributed by atoms with E-state index in [0.29, 0.717) is 0 Å². The summed E-state index contributed by atoms with van der Waals surface area (Å²) in [5.74, 6) is -1.75. The predicted octanol–water partition coefficient (Wildman–Crippen LogP) is 3.69. The number of amides is 2. The minimum Gasteiger partial charge on any atom is -0.479 e. The van der Waals surface area contributed by atoms with Crippen LogP contribution in [0.3, 0.4) is 0 Å². The Bertz CT molecular complexity index is 1020. The molecule has 0 radical (unpaired) electrons. The second-order valence-corrected chi connectivity index (χ2v) is 9.23. The van der Waals surface area contributed by atoms with Gasteiger partial charge in [0.2, 0.25) is 5.91 Å². The maximum absolute atomic E-state index is 12.6. The quantitative estimate of drug-likeness (QED) is 0.490. The molecular formula is C26H32N2O6. The Balaban J connectivity index is 1.60. The average molecular weight is 469 g/mol. The standard InChI is InChI=1S/C26H32N2O6/c1-5-26(16-33-4,23(30)31)27-22(29)14-25(2,3)28-24(32)34-15-21-19-12-8-6-10-17(19)18-11-7-9-13-20(18)21/h6-13,21H,5,14-16H2,1-4H3,(H,27,29)(H,28,32)(H,30,31). The Morgan fingerprint density at radius 2 is 1.53 bits per heavy atom. The second-order valence-electron chi connectivity index (χ2n) is 9.23. The fraction of sp³-hybridized carbons (Fsp3) is 0.423. The zero-order chi connectivity index (χ0) is 24.9. The van der Waals surface area contributed by atoms with Crippen molar-refractivity contribution in [2.45, 2.75) is 50.6 Å². The number of carbonyl (C=O) groups excluding carboxylic acids is 2. The molecule has 1 unspecified atom stereocenters. The van der Waals surface area contributed by atoms with Crippen LogP contribution in [0.4, 0.5) is 4.79 Å². The molecule has 1 aliphatic rings. The van der Waals surface area contributed by atoms with Crippen LogP contribution in [0.1, 0.15) is 50.7 Å². The molecule has 0 fully saturated rings. The zero-order valence-electron chi connectivity index (χ0n) is 20.0. The van der Waals surface area contributed by atoms with Crippen molar-refractivity contribution in [1.82, 2.24) is 10.6 Å². The molecule has 0 saturated heterocycles. The summed E-state index contributed by atoms with van der Waals surface area (Å²) in [5, 5.41) is 14.9. The Hall–Kier alpha value is -3.39. The summed E-state index contributed by atoms with van der Waals surface area (Å²) in [6.45, 7) is 5.02. The highest BCUT2D eigenvalue weighted by atomic mass is 16.5. The first-order valence-electron chi connectivity index (χ1n) is 11.3. The first-order valence-corrected chi connectivity index (χ1v) is 11.3. The van der Waals surface area contributed by atoms with Crippen LogP contribution in [0.2, 0.25) is 0 Å². The number of aliphatic carboxylic acids is 1. The zero-order valence-corrected chi connectivity index (χ0v) is 20.0. The molecule has 1 atom stereocenters. The molecule has 2 amide bonds. The molecule has 0 saturated carbocycles. The lowest BCUT2D eigenvalue weighted by atomic mass is 9.94. The minimum atomic E-state index is -1.52. The Kier molecular flexibility index (Phi) is 7.61. The molecule has 2 aromatic rings. The van der Waals surface area contributed by atoms with Gasteiger partial charge in [-0.15, -0.1) is 0 Å². The maximum atomic E-state index is 12.6. The second kappa shape index (κ2) is 10.3. The van der Waals surface area contributed by atoms with Gasteiger partial charge < -0.3 is 25.2 Å². The SMILES string of the molecule is CCC(COC)(NC(=O)CC(C)(C)NC(=O)OCC1c2ccccc2-c2ccccc21)C(=O)O. The number of benzene rings is 2. The number of hydrogen-bond donors (Lipinski definition) is 3. The van der Waals surface area contributed by atoms with Crippen LogP contribution < -0.4 is 10.6 Å². The third-order valence-electron chi connectivity index (χ3n) is 6.17. The number of hydrogen-bond acceptors (Lipinski definition) is 5. The normalized spacial score (nSPS) is 14.5. The van der Waals surface area contributed by atoms with Gasteiger partial charge in [0.05, 0.1) is 6.61 Å². The van der Waals surface area contributed by atoms with Crippen LogP contribution in [0.5, 0.6) is 0 Å². The number of nitrogens with one attached hydrogen (secondary N) is 2. The lowest BCUT2D eigenvalue weighted by Crippen LogP contribution is -2.59. The van der Waals surface area contributed by atoms with Crippen LogP contribution in [0, 0.1) is 0 Å². The highest BCUT2D eigenvalue weighted by Crippen LogP contribution is 2.44. The summed E-state index contributed by atoms with van der Waals surface area (Å²) in [6.07, 6.45) is -0.616. The van der Waals surface area contributed by atoms with Gasteiger partial charge in [-0.05, 0) is 42.5 Å². The Morgan fingerprint density at radius 3 is 2.03 bits per heavy atom. The van der Waals surface area contributed by atoms with Gasteiger partial charge in [-0.3, -0.25) is 4.79 Å². The van der Waals surface area contributed by atoms with E-state index in [4.69, 9.17) is 9.47 Å². The van der Waals surface area contributed by atoms with E-state index in [2.05, 4.69) is 22.8 Å². The van der Waals surface area contributed by atoms with Gasteiger partial charge in [0, 0.05) is 25.0 Å². The molecule has 3 rings (SSSR count). The smallest absolute Gasteiger partial charge is 0.407 e. The van der Waals surface area contributed by atoms with Gasteiger partial charge in [-0.25, -0.2) is 9.59 Å². The van der Waals surface area contributed by atoms with Crippen LogP contribution in [0.15, 0.2) is 48.5 Å². The first-order chi connectivity index (χ1) is 16.1. The molecule has 0 spiro atoms. The third-order valence-corrected chi connectivity index (χ3v) is 6.17. The lowest BCUT2D eigenvalue weighted by Gasteiger charge is -2.31. The van der Waals surface area contributed by atoms with Crippen molar-refractivity contribution in [3.05, 3.63) is 59.7 Å². The highest BCUT2D eigenvalue weighted by Gasteiger charge is 2.39. The van der Waals surface area contributed by atoms with Gasteiger partial charge >= 0.3 is 12.1 Å². The largest absolute Gasteiger partial charge is 0.479 e. The third kappa shape index (κ3) is 5.39. The Labute approximate surface area is 199 Å². The molecule has 2 aromatic carbocycles. The molecule has 182 valence electrons. The Morgan fingerprint density at radius 1 is 0.971 bits per heavy atom. The fourth-order valence-electron chi connectivity index (χ4n) is 4.41. The van der Waals surface area contributed by atoms with Crippen molar-refractivity contribution in [2.24, 2.45) is 0 Å². The summed E-state index contributed by atoms with van der Waals surface area (Å²) in [6, 6.07) is 16.1. The van der Waals surface area contributed by atoms with Crippen molar-refractivity contribution in [1.29, 1.82) is 0 Å². The van der Waals surface area contributed by atoms with E-state index >= 15 is 0 Å². The molecule has 0 aromatic heterocycles. The monoisotopic (exact) mass is 468 g/mol.